The Bertz CT molecular complexity index is 235. The minimum absolute atomic E-state index is 0. The fourth-order valence-electron chi connectivity index (χ4n) is 1.15. The first-order chi connectivity index (χ1) is 7.13. The Hall–Kier alpha value is -0.687. The molecule has 0 fully saturated rings. The fraction of sp³-hybridized carbons (Fsp3) is 0.462. The van der Waals surface area contributed by atoms with Gasteiger partial charge < -0.3 is 5.11 Å². The van der Waals surface area contributed by atoms with Crippen molar-refractivity contribution in [3.8, 4) is 0 Å². The van der Waals surface area contributed by atoms with Crippen LogP contribution >= 0.6 is 0 Å². The van der Waals surface area contributed by atoms with E-state index in [1.807, 2.05) is 0 Å². The Labute approximate surface area is 111 Å². The van der Waals surface area contributed by atoms with E-state index in [2.05, 4.69) is 24.3 Å². The van der Waals surface area contributed by atoms with Gasteiger partial charge in [0.05, 0.1) is 5.76 Å². The molecule has 1 N–H and O–H groups in total. The average molecular weight is 311 g/mol. The van der Waals surface area contributed by atoms with Gasteiger partial charge in [0.25, 0.3) is 0 Å². The van der Waals surface area contributed by atoms with E-state index in [1.165, 1.54) is 45.6 Å². The van der Waals surface area contributed by atoms with Crippen LogP contribution < -0.4 is 0 Å². The molecule has 0 unspecified atom stereocenters. The summed E-state index contributed by atoms with van der Waals surface area (Å²) in [5.74, 6) is -0.0625. The number of allylic oxidation sites excluding steroid dienone is 6. The van der Waals surface area contributed by atoms with Gasteiger partial charge in [-0.15, -0.1) is 0 Å². The standard InChI is InChI=1S/C8H12.C5H8O2.Rh/c1-2-4-6-8-7-5-3-1;1-4(6)3-5(2)7;/h1-2,7-8H,3-6H2;3,6H,1-2H3;/b2-1-,8-7-;4-3+;. The normalized spacial score (nSPS) is 19.0. The third-order valence-electron chi connectivity index (χ3n) is 1.75. The van der Waals surface area contributed by atoms with Crippen LogP contribution in [0, 0.1) is 0 Å². The molecular formula is C13H20O2Rh. The van der Waals surface area contributed by atoms with E-state index in [-0.39, 0.29) is 31.0 Å². The molecule has 0 heterocycles. The number of ketones is 1. The zero-order valence-electron chi connectivity index (χ0n) is 9.90. The predicted octanol–water partition coefficient (Wildman–Crippen LogP) is 3.71. The Morgan fingerprint density at radius 2 is 1.31 bits per heavy atom. The molecule has 0 saturated carbocycles. The van der Waals surface area contributed by atoms with E-state index < -0.39 is 0 Å². The first kappa shape index (κ1) is 17.7. The summed E-state index contributed by atoms with van der Waals surface area (Å²) in [7, 11) is 0. The second kappa shape index (κ2) is 12.4. The minimum atomic E-state index is -0.125. The number of hydrogen-bond donors (Lipinski definition) is 1. The van der Waals surface area contributed by atoms with Crippen molar-refractivity contribution in [3.63, 3.8) is 0 Å². The van der Waals surface area contributed by atoms with E-state index in [0.717, 1.165) is 0 Å². The van der Waals surface area contributed by atoms with Crippen LogP contribution in [0.1, 0.15) is 39.5 Å². The molecule has 0 aromatic rings. The van der Waals surface area contributed by atoms with Crippen molar-refractivity contribution in [2.75, 3.05) is 0 Å². The Balaban J connectivity index is 0. The van der Waals surface area contributed by atoms with Crippen LogP contribution in [0.3, 0.4) is 0 Å². The van der Waals surface area contributed by atoms with Crippen molar-refractivity contribution in [2.45, 2.75) is 39.5 Å². The van der Waals surface area contributed by atoms with Crippen LogP contribution in [0.2, 0.25) is 0 Å². The Morgan fingerprint density at radius 1 is 1.00 bits per heavy atom. The first-order valence-electron chi connectivity index (χ1n) is 5.30. The van der Waals surface area contributed by atoms with Gasteiger partial charge in [0, 0.05) is 25.6 Å². The van der Waals surface area contributed by atoms with Gasteiger partial charge in [-0.05, 0) is 39.5 Å². The smallest absolute Gasteiger partial charge is 0.155 e. The molecule has 2 nitrogen and oxygen atoms in total. The van der Waals surface area contributed by atoms with Crippen molar-refractivity contribution in [1.82, 2.24) is 0 Å². The molecule has 0 bridgehead atoms. The van der Waals surface area contributed by atoms with Crippen molar-refractivity contribution < 1.29 is 29.4 Å². The largest absolute Gasteiger partial charge is 0.512 e. The summed E-state index contributed by atoms with van der Waals surface area (Å²) in [4.78, 5) is 10.0. The summed E-state index contributed by atoms with van der Waals surface area (Å²) in [5, 5.41) is 8.36. The molecule has 0 amide bonds. The summed E-state index contributed by atoms with van der Waals surface area (Å²) < 4.78 is 0. The predicted molar refractivity (Wildman–Crippen MR) is 63.8 cm³/mol. The van der Waals surface area contributed by atoms with Crippen LogP contribution in [0.15, 0.2) is 36.1 Å². The van der Waals surface area contributed by atoms with Gasteiger partial charge in [0.2, 0.25) is 0 Å². The average Bonchev–Trinajstić information content (AvgIpc) is 1.99. The number of hydrogen-bond acceptors (Lipinski definition) is 2. The zero-order valence-corrected chi connectivity index (χ0v) is 11.5. The number of rotatable bonds is 1. The topological polar surface area (TPSA) is 37.3 Å². The van der Waals surface area contributed by atoms with Crippen molar-refractivity contribution in [2.24, 2.45) is 0 Å². The maximum atomic E-state index is 10.0. The summed E-state index contributed by atoms with van der Waals surface area (Å²) in [6.45, 7) is 2.85. The molecule has 0 saturated heterocycles. The van der Waals surface area contributed by atoms with E-state index >= 15 is 0 Å². The van der Waals surface area contributed by atoms with E-state index in [0.29, 0.717) is 0 Å². The first-order valence-corrected chi connectivity index (χ1v) is 5.30. The summed E-state index contributed by atoms with van der Waals surface area (Å²) in [5.41, 5.74) is 0. The fourth-order valence-corrected chi connectivity index (χ4v) is 1.15. The second-order valence-electron chi connectivity index (χ2n) is 3.49. The monoisotopic (exact) mass is 311 g/mol. The molecule has 0 aromatic heterocycles. The van der Waals surface area contributed by atoms with Gasteiger partial charge >= 0.3 is 0 Å². The summed E-state index contributed by atoms with van der Waals surface area (Å²) in [6.07, 6.45) is 15.2. The van der Waals surface area contributed by atoms with Gasteiger partial charge in [0.15, 0.2) is 5.78 Å². The number of carbonyl (C=O) groups is 1. The SMILES string of the molecule is C1=C\CC/C=C\CC/1.CC(=O)/C=C(\C)O.[Rh]. The molecule has 3 heteroatoms. The molecule has 0 aromatic carbocycles. The van der Waals surface area contributed by atoms with Crippen molar-refractivity contribution in [1.29, 1.82) is 0 Å². The van der Waals surface area contributed by atoms with Gasteiger partial charge in [0.1, 0.15) is 0 Å². The molecule has 16 heavy (non-hydrogen) atoms. The zero-order chi connectivity index (χ0) is 11.5. The van der Waals surface area contributed by atoms with Crippen LogP contribution in [-0.4, -0.2) is 10.9 Å². The van der Waals surface area contributed by atoms with Crippen molar-refractivity contribution >= 4 is 5.78 Å². The quantitative estimate of drug-likeness (QED) is 0.347. The molecule has 1 radical (unpaired) electrons. The second-order valence-corrected chi connectivity index (χ2v) is 3.49. The molecule has 0 atom stereocenters. The number of aliphatic hydroxyl groups excluding tert-OH is 1. The molecule has 0 spiro atoms. The molecule has 0 aliphatic heterocycles. The Kier molecular flexibility index (Phi) is 13.7. The van der Waals surface area contributed by atoms with Gasteiger partial charge in [-0.1, -0.05) is 24.3 Å². The summed E-state index contributed by atoms with van der Waals surface area (Å²) in [6, 6.07) is 0. The third-order valence-corrected chi connectivity index (χ3v) is 1.75. The van der Waals surface area contributed by atoms with Crippen molar-refractivity contribution in [3.05, 3.63) is 36.1 Å². The van der Waals surface area contributed by atoms with Crippen LogP contribution in [0.4, 0.5) is 0 Å². The van der Waals surface area contributed by atoms with Crippen LogP contribution in [0.25, 0.3) is 0 Å². The third kappa shape index (κ3) is 15.8. The van der Waals surface area contributed by atoms with E-state index in [1.54, 1.807) is 0 Å². The van der Waals surface area contributed by atoms with Crippen LogP contribution in [-0.2, 0) is 24.3 Å². The molecule has 1 aliphatic carbocycles. The van der Waals surface area contributed by atoms with Gasteiger partial charge in [-0.2, -0.15) is 0 Å². The van der Waals surface area contributed by atoms with Crippen LogP contribution in [0.5, 0.6) is 0 Å². The Morgan fingerprint density at radius 3 is 1.44 bits per heavy atom. The molecule has 1 aliphatic rings. The molecule has 93 valence electrons. The maximum absolute atomic E-state index is 10.0. The minimum Gasteiger partial charge on any atom is -0.512 e. The molecule has 1 rings (SSSR count). The number of aliphatic hydroxyl groups is 1. The van der Waals surface area contributed by atoms with E-state index in [9.17, 15) is 4.79 Å². The molecular weight excluding hydrogens is 291 g/mol. The van der Waals surface area contributed by atoms with E-state index in [4.69, 9.17) is 5.11 Å². The maximum Gasteiger partial charge on any atom is 0.155 e. The van der Waals surface area contributed by atoms with Gasteiger partial charge in [-0.25, -0.2) is 0 Å². The summed E-state index contributed by atoms with van der Waals surface area (Å²) >= 11 is 0. The number of carbonyl (C=O) groups excluding carboxylic acids is 1. The van der Waals surface area contributed by atoms with Gasteiger partial charge in [-0.3, -0.25) is 4.79 Å².